The van der Waals surface area contributed by atoms with E-state index in [1.54, 1.807) is 0 Å². The molecule has 0 aromatic carbocycles. The summed E-state index contributed by atoms with van der Waals surface area (Å²) >= 11 is 7.08. The molecular weight excluding hydrogens is 242 g/mol. The Balaban J connectivity index is 2.02. The van der Waals surface area contributed by atoms with E-state index < -0.39 is 0 Å². The predicted octanol–water partition coefficient (Wildman–Crippen LogP) is 3.66. The third kappa shape index (κ3) is 2.31. The molecule has 5 heteroatoms. The minimum absolute atomic E-state index is 0.312. The van der Waals surface area contributed by atoms with Gasteiger partial charge in [-0.25, -0.2) is 0 Å². The lowest BCUT2D eigenvalue weighted by Gasteiger charge is -2.23. The Labute approximate surface area is 105 Å². The molecule has 1 aromatic rings. The van der Waals surface area contributed by atoms with E-state index in [1.165, 1.54) is 37.2 Å². The van der Waals surface area contributed by atoms with Gasteiger partial charge in [0.1, 0.15) is 16.6 Å². The van der Waals surface area contributed by atoms with E-state index in [-0.39, 0.29) is 0 Å². The first-order chi connectivity index (χ1) is 7.64. The second-order valence-corrected chi connectivity index (χ2v) is 5.79. The van der Waals surface area contributed by atoms with Crippen LogP contribution in [-0.2, 0) is 0 Å². The summed E-state index contributed by atoms with van der Waals surface area (Å²) in [5.74, 6) is 0. The highest BCUT2D eigenvalue weighted by molar-refractivity contribution is 7.10. The van der Waals surface area contributed by atoms with Crippen LogP contribution in [0.25, 0.3) is 0 Å². The van der Waals surface area contributed by atoms with Gasteiger partial charge < -0.3 is 5.32 Å². The molecule has 1 saturated carbocycles. The Morgan fingerprint density at radius 1 is 1.56 bits per heavy atom. The third-order valence-corrected chi connectivity index (χ3v) is 4.43. The van der Waals surface area contributed by atoms with E-state index >= 15 is 0 Å². The van der Waals surface area contributed by atoms with Gasteiger partial charge in [0.2, 0.25) is 0 Å². The summed E-state index contributed by atoms with van der Waals surface area (Å²) < 4.78 is 3.98. The van der Waals surface area contributed by atoms with Crippen molar-refractivity contribution in [3.8, 4) is 6.07 Å². The molecule has 0 amide bonds. The first kappa shape index (κ1) is 11.7. The minimum atomic E-state index is 0.312. The number of hydrogen-bond acceptors (Lipinski definition) is 4. The SMILES string of the molecule is CC1(CNc2snc(Cl)c2C#N)CCCC1. The highest BCUT2D eigenvalue weighted by Crippen LogP contribution is 2.38. The van der Waals surface area contributed by atoms with Gasteiger partial charge in [-0.05, 0) is 29.8 Å². The number of halogens is 1. The first-order valence-corrected chi connectivity index (χ1v) is 6.59. The Kier molecular flexibility index (Phi) is 3.36. The van der Waals surface area contributed by atoms with Crippen LogP contribution in [0.3, 0.4) is 0 Å². The van der Waals surface area contributed by atoms with Gasteiger partial charge in [0.15, 0.2) is 5.15 Å². The molecule has 0 atom stereocenters. The lowest BCUT2D eigenvalue weighted by atomic mass is 9.89. The van der Waals surface area contributed by atoms with Gasteiger partial charge in [-0.2, -0.15) is 9.64 Å². The van der Waals surface area contributed by atoms with Crippen LogP contribution < -0.4 is 5.32 Å². The van der Waals surface area contributed by atoms with Crippen LogP contribution in [0.4, 0.5) is 5.00 Å². The molecule has 0 saturated heterocycles. The van der Waals surface area contributed by atoms with Gasteiger partial charge in [0.25, 0.3) is 0 Å². The normalized spacial score (nSPS) is 18.3. The van der Waals surface area contributed by atoms with Crippen LogP contribution in [0.5, 0.6) is 0 Å². The molecule has 0 unspecified atom stereocenters. The van der Waals surface area contributed by atoms with Crippen molar-refractivity contribution in [3.05, 3.63) is 10.7 Å². The van der Waals surface area contributed by atoms with Crippen LogP contribution in [0.2, 0.25) is 5.15 Å². The van der Waals surface area contributed by atoms with Crippen molar-refractivity contribution in [2.75, 3.05) is 11.9 Å². The maximum atomic E-state index is 8.94. The van der Waals surface area contributed by atoms with Crippen molar-refractivity contribution >= 4 is 28.1 Å². The number of nitriles is 1. The maximum Gasteiger partial charge on any atom is 0.162 e. The third-order valence-electron chi connectivity index (χ3n) is 3.25. The van der Waals surface area contributed by atoms with Gasteiger partial charge in [-0.15, -0.1) is 0 Å². The number of anilines is 1. The Morgan fingerprint density at radius 2 is 2.25 bits per heavy atom. The topological polar surface area (TPSA) is 48.7 Å². The summed E-state index contributed by atoms with van der Waals surface area (Å²) in [5, 5.41) is 13.4. The maximum absolute atomic E-state index is 8.94. The zero-order valence-corrected chi connectivity index (χ0v) is 10.8. The smallest absolute Gasteiger partial charge is 0.162 e. The zero-order valence-electron chi connectivity index (χ0n) is 9.22. The first-order valence-electron chi connectivity index (χ1n) is 5.44. The second kappa shape index (κ2) is 4.60. The van der Waals surface area contributed by atoms with E-state index in [9.17, 15) is 0 Å². The molecule has 0 radical (unpaired) electrons. The lowest BCUT2D eigenvalue weighted by molar-refractivity contribution is 0.362. The quantitative estimate of drug-likeness (QED) is 0.897. The molecule has 86 valence electrons. The summed E-state index contributed by atoms with van der Waals surface area (Å²) in [6, 6.07) is 2.09. The van der Waals surface area contributed by atoms with Crippen molar-refractivity contribution < 1.29 is 0 Å². The molecular formula is C11H14ClN3S. The van der Waals surface area contributed by atoms with Crippen molar-refractivity contribution in [1.29, 1.82) is 5.26 Å². The standard InChI is InChI=1S/C11H14ClN3S/c1-11(4-2-3-5-11)7-14-10-8(6-13)9(12)15-16-10/h14H,2-5,7H2,1H3. The lowest BCUT2D eigenvalue weighted by Crippen LogP contribution is -2.22. The fraction of sp³-hybridized carbons (Fsp3) is 0.636. The molecule has 2 rings (SSSR count). The number of nitrogens with zero attached hydrogens (tertiary/aromatic N) is 2. The molecule has 0 spiro atoms. The minimum Gasteiger partial charge on any atom is -0.374 e. The Morgan fingerprint density at radius 3 is 2.88 bits per heavy atom. The van der Waals surface area contributed by atoms with Crippen molar-refractivity contribution in [2.45, 2.75) is 32.6 Å². The van der Waals surface area contributed by atoms with Crippen LogP contribution in [0.15, 0.2) is 0 Å². The van der Waals surface area contributed by atoms with E-state index in [1.807, 2.05) is 0 Å². The summed E-state index contributed by atoms with van der Waals surface area (Å²) in [4.78, 5) is 0. The van der Waals surface area contributed by atoms with Crippen LogP contribution in [0, 0.1) is 16.7 Å². The summed E-state index contributed by atoms with van der Waals surface area (Å²) in [6.07, 6.45) is 5.14. The molecule has 1 aromatic heterocycles. The van der Waals surface area contributed by atoms with Gasteiger partial charge in [0, 0.05) is 6.54 Å². The number of hydrogen-bond donors (Lipinski definition) is 1. The highest BCUT2D eigenvalue weighted by atomic mass is 35.5. The molecule has 1 heterocycles. The second-order valence-electron chi connectivity index (χ2n) is 4.66. The van der Waals surface area contributed by atoms with Gasteiger partial charge in [0.05, 0.1) is 0 Å². The molecule has 16 heavy (non-hydrogen) atoms. The van der Waals surface area contributed by atoms with Crippen LogP contribution >= 0.6 is 23.1 Å². The summed E-state index contributed by atoms with van der Waals surface area (Å²) in [6.45, 7) is 3.20. The highest BCUT2D eigenvalue weighted by Gasteiger charge is 2.28. The molecule has 0 aliphatic heterocycles. The van der Waals surface area contributed by atoms with Crippen molar-refractivity contribution in [2.24, 2.45) is 5.41 Å². The van der Waals surface area contributed by atoms with Crippen LogP contribution in [-0.4, -0.2) is 10.9 Å². The van der Waals surface area contributed by atoms with Gasteiger partial charge >= 0.3 is 0 Å². The average molecular weight is 256 g/mol. The van der Waals surface area contributed by atoms with E-state index in [0.29, 0.717) is 16.1 Å². The number of rotatable bonds is 3. The van der Waals surface area contributed by atoms with E-state index in [2.05, 4.69) is 22.7 Å². The molecule has 1 aliphatic rings. The monoisotopic (exact) mass is 255 g/mol. The van der Waals surface area contributed by atoms with Gasteiger partial charge in [-0.3, -0.25) is 0 Å². The molecule has 3 nitrogen and oxygen atoms in total. The largest absolute Gasteiger partial charge is 0.374 e. The molecule has 1 fully saturated rings. The predicted molar refractivity (Wildman–Crippen MR) is 66.9 cm³/mol. The fourth-order valence-corrected chi connectivity index (χ4v) is 3.12. The molecule has 1 N–H and O–H groups in total. The van der Waals surface area contributed by atoms with Gasteiger partial charge in [-0.1, -0.05) is 31.4 Å². The van der Waals surface area contributed by atoms with E-state index in [4.69, 9.17) is 16.9 Å². The average Bonchev–Trinajstić information content (AvgIpc) is 2.83. The molecule has 1 aliphatic carbocycles. The summed E-state index contributed by atoms with van der Waals surface area (Å²) in [7, 11) is 0. The van der Waals surface area contributed by atoms with Crippen LogP contribution in [0.1, 0.15) is 38.2 Å². The fourth-order valence-electron chi connectivity index (χ4n) is 2.19. The molecule has 0 bridgehead atoms. The van der Waals surface area contributed by atoms with Crippen molar-refractivity contribution in [3.63, 3.8) is 0 Å². The zero-order chi connectivity index (χ0) is 11.6. The van der Waals surface area contributed by atoms with E-state index in [0.717, 1.165) is 11.5 Å². The van der Waals surface area contributed by atoms with Crippen molar-refractivity contribution in [1.82, 2.24) is 4.37 Å². The number of aromatic nitrogens is 1. The number of nitrogens with one attached hydrogen (secondary N) is 1. The Hall–Kier alpha value is -0.790. The Bertz CT molecular complexity index is 415. The summed E-state index contributed by atoms with van der Waals surface area (Å²) in [5.41, 5.74) is 0.844.